The molecule has 2 saturated heterocycles. The van der Waals surface area contributed by atoms with E-state index < -0.39 is 15.5 Å². The highest BCUT2D eigenvalue weighted by atomic mass is 32.2. The molecule has 0 aromatic rings. The molecular formula is C18H31F3N4O2S. The Balaban J connectivity index is 1.55. The van der Waals surface area contributed by atoms with Crippen molar-refractivity contribution in [3.05, 3.63) is 0 Å². The lowest BCUT2D eigenvalue weighted by molar-refractivity contribution is -0.0496. The summed E-state index contributed by atoms with van der Waals surface area (Å²) in [4.78, 5) is 7.08. The van der Waals surface area contributed by atoms with Gasteiger partial charge in [0.25, 0.3) is 0 Å². The third-order valence-corrected chi connectivity index (χ3v) is 7.95. The molecule has 10 heteroatoms. The van der Waals surface area contributed by atoms with Crippen molar-refractivity contribution >= 4 is 16.0 Å². The van der Waals surface area contributed by atoms with Crippen LogP contribution in [0.15, 0.2) is 4.99 Å². The van der Waals surface area contributed by atoms with Gasteiger partial charge in [0.1, 0.15) is 0 Å². The number of hydrogen-bond acceptors (Lipinski definition) is 3. The number of nitrogens with zero attached hydrogens (tertiary/aromatic N) is 3. The molecule has 0 spiro atoms. The van der Waals surface area contributed by atoms with Crippen LogP contribution in [-0.4, -0.2) is 68.4 Å². The first-order chi connectivity index (χ1) is 13.2. The molecule has 1 N–H and O–H groups in total. The summed E-state index contributed by atoms with van der Waals surface area (Å²) in [6.07, 6.45) is 6.00. The van der Waals surface area contributed by atoms with E-state index in [4.69, 9.17) is 4.99 Å². The highest BCUT2D eigenvalue weighted by Gasteiger charge is 2.50. The first-order valence-corrected chi connectivity index (χ1v) is 11.8. The van der Waals surface area contributed by atoms with E-state index in [9.17, 15) is 21.6 Å². The van der Waals surface area contributed by atoms with Crippen LogP contribution < -0.4 is 5.32 Å². The van der Waals surface area contributed by atoms with Gasteiger partial charge in [-0.3, -0.25) is 4.99 Å². The molecule has 3 aliphatic rings. The highest BCUT2D eigenvalue weighted by molar-refractivity contribution is 7.90. The van der Waals surface area contributed by atoms with E-state index in [2.05, 4.69) is 10.2 Å². The summed E-state index contributed by atoms with van der Waals surface area (Å²) < 4.78 is 61.7. The number of aliphatic imine (C=N–C) groups is 1. The van der Waals surface area contributed by atoms with Crippen molar-refractivity contribution in [3.63, 3.8) is 0 Å². The molecular weight excluding hydrogens is 393 g/mol. The van der Waals surface area contributed by atoms with Crippen LogP contribution in [0.4, 0.5) is 13.2 Å². The van der Waals surface area contributed by atoms with Crippen LogP contribution in [0.3, 0.4) is 0 Å². The number of hydrogen-bond donors (Lipinski definition) is 1. The van der Waals surface area contributed by atoms with Gasteiger partial charge in [-0.25, -0.2) is 8.42 Å². The molecule has 0 aromatic carbocycles. The van der Waals surface area contributed by atoms with Crippen molar-refractivity contribution in [1.29, 1.82) is 0 Å². The fourth-order valence-corrected chi connectivity index (χ4v) is 5.68. The summed E-state index contributed by atoms with van der Waals surface area (Å²) in [6.45, 7) is 5.19. The Morgan fingerprint density at radius 1 is 1.07 bits per heavy atom. The predicted octanol–water partition coefficient (Wildman–Crippen LogP) is 2.64. The summed E-state index contributed by atoms with van der Waals surface area (Å²) in [5.74, 6) is 2.49. The standard InChI is InChI=1S/C18H31F3N4O2S/c1-2-22-17(24-12-15-5-3-4-6-16(15)13-24)23-11-14-7-9-25(10-8-14)28(26,27)18(19,20)21/h14-16H,2-13H2,1H3,(H,22,23). The van der Waals surface area contributed by atoms with Gasteiger partial charge in [-0.1, -0.05) is 12.8 Å². The summed E-state index contributed by atoms with van der Waals surface area (Å²) >= 11 is 0. The van der Waals surface area contributed by atoms with Gasteiger partial charge in [-0.15, -0.1) is 0 Å². The van der Waals surface area contributed by atoms with Crippen LogP contribution in [0.1, 0.15) is 45.4 Å². The molecule has 2 aliphatic heterocycles. The van der Waals surface area contributed by atoms with Gasteiger partial charge in [0, 0.05) is 39.3 Å². The van der Waals surface area contributed by atoms with Crippen LogP contribution in [0.5, 0.6) is 0 Å². The summed E-state index contributed by atoms with van der Waals surface area (Å²) in [5, 5.41) is 3.35. The summed E-state index contributed by atoms with van der Waals surface area (Å²) in [6, 6.07) is 0. The second-order valence-corrected chi connectivity index (χ2v) is 10.1. The van der Waals surface area contributed by atoms with Crippen LogP contribution in [0.25, 0.3) is 0 Å². The van der Waals surface area contributed by atoms with Crippen molar-refractivity contribution in [2.24, 2.45) is 22.7 Å². The van der Waals surface area contributed by atoms with E-state index >= 15 is 0 Å². The fraction of sp³-hybridized carbons (Fsp3) is 0.944. The molecule has 2 unspecified atom stereocenters. The first-order valence-electron chi connectivity index (χ1n) is 10.3. The zero-order valence-electron chi connectivity index (χ0n) is 16.4. The quantitative estimate of drug-likeness (QED) is 0.557. The molecule has 6 nitrogen and oxygen atoms in total. The number of guanidine groups is 1. The fourth-order valence-electron chi connectivity index (χ4n) is 4.70. The van der Waals surface area contributed by atoms with Crippen LogP contribution in [-0.2, 0) is 10.0 Å². The van der Waals surface area contributed by atoms with E-state index in [0.29, 0.717) is 23.7 Å². The molecule has 0 amide bonds. The Morgan fingerprint density at radius 3 is 2.14 bits per heavy atom. The van der Waals surface area contributed by atoms with E-state index in [1.165, 1.54) is 25.7 Å². The molecule has 3 fully saturated rings. The molecule has 0 aromatic heterocycles. The van der Waals surface area contributed by atoms with Crippen molar-refractivity contribution in [3.8, 4) is 0 Å². The minimum absolute atomic E-state index is 0.0908. The number of alkyl halides is 3. The lowest BCUT2D eigenvalue weighted by Crippen LogP contribution is -2.45. The molecule has 0 radical (unpaired) electrons. The Hall–Kier alpha value is -1.03. The third kappa shape index (κ3) is 4.75. The molecule has 0 bridgehead atoms. The molecule has 1 saturated carbocycles. The topological polar surface area (TPSA) is 65.0 Å². The summed E-state index contributed by atoms with van der Waals surface area (Å²) in [7, 11) is -5.21. The minimum Gasteiger partial charge on any atom is -0.357 e. The van der Waals surface area contributed by atoms with Gasteiger partial charge >= 0.3 is 15.5 Å². The van der Waals surface area contributed by atoms with Gasteiger partial charge in [0.05, 0.1) is 0 Å². The normalized spacial score (nSPS) is 28.4. The average Bonchev–Trinajstić information content (AvgIpc) is 3.08. The Morgan fingerprint density at radius 2 is 1.64 bits per heavy atom. The lowest BCUT2D eigenvalue weighted by Gasteiger charge is -2.31. The SMILES string of the molecule is CCNC(=NCC1CCN(S(=O)(=O)C(F)(F)F)CC1)N1CC2CCCCC2C1. The number of rotatable bonds is 4. The molecule has 28 heavy (non-hydrogen) atoms. The molecule has 162 valence electrons. The minimum atomic E-state index is -5.22. The van der Waals surface area contributed by atoms with E-state index in [1.54, 1.807) is 0 Å². The zero-order chi connectivity index (χ0) is 20.4. The predicted molar refractivity (Wildman–Crippen MR) is 102 cm³/mol. The maximum atomic E-state index is 12.7. The van der Waals surface area contributed by atoms with Crippen molar-refractivity contribution in [1.82, 2.24) is 14.5 Å². The van der Waals surface area contributed by atoms with Crippen molar-refractivity contribution in [2.75, 3.05) is 39.3 Å². The Labute approximate surface area is 165 Å². The van der Waals surface area contributed by atoms with Crippen molar-refractivity contribution < 1.29 is 21.6 Å². The number of sulfonamides is 1. The molecule has 2 atom stereocenters. The van der Waals surface area contributed by atoms with Crippen LogP contribution in [0.2, 0.25) is 0 Å². The molecule has 3 rings (SSSR count). The highest BCUT2D eigenvalue weighted by Crippen LogP contribution is 2.36. The van der Waals surface area contributed by atoms with Gasteiger partial charge in [0.2, 0.25) is 0 Å². The number of fused-ring (bicyclic) bond motifs is 1. The van der Waals surface area contributed by atoms with Crippen LogP contribution >= 0.6 is 0 Å². The zero-order valence-corrected chi connectivity index (χ0v) is 17.2. The third-order valence-electron chi connectivity index (χ3n) is 6.32. The maximum absolute atomic E-state index is 12.7. The first kappa shape index (κ1) is 21.7. The summed E-state index contributed by atoms with van der Waals surface area (Å²) in [5.41, 5.74) is -5.22. The number of piperidine rings is 1. The van der Waals surface area contributed by atoms with Gasteiger partial charge in [-0.2, -0.15) is 17.5 Å². The van der Waals surface area contributed by atoms with Gasteiger partial charge in [-0.05, 0) is 50.4 Å². The largest absolute Gasteiger partial charge is 0.511 e. The molecule has 1 aliphatic carbocycles. The van der Waals surface area contributed by atoms with E-state index in [1.807, 2.05) is 6.92 Å². The average molecular weight is 425 g/mol. The van der Waals surface area contributed by atoms with Gasteiger partial charge in [0.15, 0.2) is 5.96 Å². The molecule has 2 heterocycles. The lowest BCUT2D eigenvalue weighted by atomic mass is 9.82. The Kier molecular flexibility index (Phi) is 6.79. The maximum Gasteiger partial charge on any atom is 0.511 e. The van der Waals surface area contributed by atoms with Crippen LogP contribution in [0, 0.1) is 17.8 Å². The van der Waals surface area contributed by atoms with Crippen molar-refractivity contribution in [2.45, 2.75) is 51.0 Å². The number of likely N-dealkylation sites (tertiary alicyclic amines) is 1. The second kappa shape index (κ2) is 8.77. The smallest absolute Gasteiger partial charge is 0.357 e. The van der Waals surface area contributed by atoms with Gasteiger partial charge < -0.3 is 10.2 Å². The number of nitrogens with one attached hydrogen (secondary N) is 1. The van der Waals surface area contributed by atoms with E-state index in [-0.39, 0.29) is 19.0 Å². The Bertz CT molecular complexity index is 646. The van der Waals surface area contributed by atoms with E-state index in [0.717, 1.165) is 37.4 Å². The second-order valence-electron chi connectivity index (χ2n) is 8.20. The monoisotopic (exact) mass is 424 g/mol. The number of halogens is 3.